The normalized spacial score (nSPS) is 12.2. The summed E-state index contributed by atoms with van der Waals surface area (Å²) in [5.41, 5.74) is 1.58. The first kappa shape index (κ1) is 20.4. The highest BCUT2D eigenvalue weighted by molar-refractivity contribution is 7.99. The molecule has 4 aromatic rings. The van der Waals surface area contributed by atoms with Crippen molar-refractivity contribution in [2.24, 2.45) is 0 Å². The summed E-state index contributed by atoms with van der Waals surface area (Å²) < 4.78 is 12.1. The molecule has 1 N–H and O–H groups in total. The van der Waals surface area contributed by atoms with Crippen LogP contribution in [0.4, 0.5) is 5.69 Å². The Balaban J connectivity index is 1.43. The molecule has 1 aromatic heterocycles. The van der Waals surface area contributed by atoms with Crippen LogP contribution in [0, 0.1) is 0 Å². The first-order valence-electron chi connectivity index (χ1n) is 9.68. The molecule has 0 spiro atoms. The van der Waals surface area contributed by atoms with E-state index in [2.05, 4.69) is 10.3 Å². The molecule has 1 aliphatic heterocycles. The van der Waals surface area contributed by atoms with E-state index in [-0.39, 0.29) is 24.0 Å². The predicted molar refractivity (Wildman–Crippen MR) is 124 cm³/mol. The van der Waals surface area contributed by atoms with Crippen LogP contribution in [0.5, 0.6) is 11.5 Å². The van der Waals surface area contributed by atoms with Crippen molar-refractivity contribution >= 4 is 45.9 Å². The van der Waals surface area contributed by atoms with E-state index < -0.39 is 0 Å². The number of fused-ring (bicyclic) bond motifs is 2. The number of rotatable bonds is 5. The van der Waals surface area contributed by atoms with E-state index in [1.54, 1.807) is 60.7 Å². The Morgan fingerprint density at radius 3 is 2.69 bits per heavy atom. The Morgan fingerprint density at radius 2 is 1.84 bits per heavy atom. The van der Waals surface area contributed by atoms with Gasteiger partial charge < -0.3 is 14.8 Å². The molecule has 3 aromatic carbocycles. The Labute approximate surface area is 191 Å². The van der Waals surface area contributed by atoms with Gasteiger partial charge in [-0.15, -0.1) is 0 Å². The third-order valence-electron chi connectivity index (χ3n) is 4.82. The number of amides is 1. The average Bonchev–Trinajstić information content (AvgIpc) is 3.27. The zero-order valence-corrected chi connectivity index (χ0v) is 18.2. The van der Waals surface area contributed by atoms with Gasteiger partial charge in [0.1, 0.15) is 0 Å². The van der Waals surface area contributed by atoms with E-state index in [0.29, 0.717) is 44.0 Å². The van der Waals surface area contributed by atoms with E-state index in [4.69, 9.17) is 21.1 Å². The second-order valence-electron chi connectivity index (χ2n) is 6.93. The smallest absolute Gasteiger partial charge is 0.266 e. The topological polar surface area (TPSA) is 82.5 Å². The first-order chi connectivity index (χ1) is 15.6. The molecule has 0 atom stereocenters. The van der Waals surface area contributed by atoms with Gasteiger partial charge in [0.15, 0.2) is 16.7 Å². The first-order valence-corrected chi connectivity index (χ1v) is 11.0. The third-order valence-corrected chi connectivity index (χ3v) is 6.01. The van der Waals surface area contributed by atoms with Crippen molar-refractivity contribution in [1.82, 2.24) is 9.55 Å². The number of thioether (sulfide) groups is 1. The number of carbonyl (C=O) groups is 1. The number of aromatic nitrogens is 2. The number of benzene rings is 3. The molecule has 9 heteroatoms. The maximum atomic E-state index is 13.2. The van der Waals surface area contributed by atoms with Gasteiger partial charge in [-0.05, 0) is 48.5 Å². The fraction of sp³-hybridized carbons (Fsp3) is 0.0870. The lowest BCUT2D eigenvalue weighted by Crippen LogP contribution is -2.23. The summed E-state index contributed by atoms with van der Waals surface area (Å²) in [4.78, 5) is 30.5. The lowest BCUT2D eigenvalue weighted by Gasteiger charge is -2.13. The van der Waals surface area contributed by atoms with Gasteiger partial charge >= 0.3 is 0 Å². The van der Waals surface area contributed by atoms with Crippen LogP contribution in [-0.4, -0.2) is 28.0 Å². The largest absolute Gasteiger partial charge is 0.454 e. The average molecular weight is 466 g/mol. The van der Waals surface area contributed by atoms with Crippen LogP contribution in [-0.2, 0) is 4.79 Å². The van der Waals surface area contributed by atoms with Crippen molar-refractivity contribution in [3.05, 3.63) is 82.1 Å². The van der Waals surface area contributed by atoms with Crippen molar-refractivity contribution in [2.75, 3.05) is 17.9 Å². The number of hydrogen-bond donors (Lipinski definition) is 1. The van der Waals surface area contributed by atoms with E-state index in [1.165, 1.54) is 16.3 Å². The van der Waals surface area contributed by atoms with Gasteiger partial charge in [-0.1, -0.05) is 35.5 Å². The van der Waals surface area contributed by atoms with Crippen molar-refractivity contribution in [1.29, 1.82) is 0 Å². The van der Waals surface area contributed by atoms with Crippen LogP contribution in [0.3, 0.4) is 0 Å². The third kappa shape index (κ3) is 4.02. The highest BCUT2D eigenvalue weighted by atomic mass is 35.5. The number of halogens is 1. The van der Waals surface area contributed by atoms with Crippen LogP contribution in [0.25, 0.3) is 16.6 Å². The van der Waals surface area contributed by atoms with E-state index in [0.717, 1.165) is 0 Å². The summed E-state index contributed by atoms with van der Waals surface area (Å²) >= 11 is 7.19. The molecular formula is C23H16ClN3O4S. The Hall–Kier alpha value is -3.49. The van der Waals surface area contributed by atoms with Crippen LogP contribution in [0.15, 0.2) is 76.7 Å². The monoisotopic (exact) mass is 465 g/mol. The summed E-state index contributed by atoms with van der Waals surface area (Å²) in [7, 11) is 0. The number of nitrogens with one attached hydrogen (secondary N) is 1. The van der Waals surface area contributed by atoms with Crippen molar-refractivity contribution in [3.63, 3.8) is 0 Å². The standard InChI is InChI=1S/C23H16ClN3O4S/c24-14-5-8-16(9-6-14)27-22(29)17-3-1-2-4-18(17)26-23(27)32-12-21(28)25-15-7-10-19-20(11-15)31-13-30-19/h1-11H,12-13H2,(H,25,28). The Kier molecular flexibility index (Phi) is 5.46. The van der Waals surface area contributed by atoms with Crippen LogP contribution in [0.1, 0.15) is 0 Å². The maximum absolute atomic E-state index is 13.2. The number of para-hydroxylation sites is 1. The fourth-order valence-corrected chi connectivity index (χ4v) is 4.27. The van der Waals surface area contributed by atoms with Crippen LogP contribution in [0.2, 0.25) is 5.02 Å². The molecule has 2 heterocycles. The van der Waals surface area contributed by atoms with Gasteiger partial charge in [0.25, 0.3) is 5.56 Å². The molecule has 160 valence electrons. The molecule has 0 aliphatic carbocycles. The lowest BCUT2D eigenvalue weighted by atomic mass is 10.2. The summed E-state index contributed by atoms with van der Waals surface area (Å²) in [6.07, 6.45) is 0. The van der Waals surface area contributed by atoms with Gasteiger partial charge in [-0.3, -0.25) is 14.2 Å². The molecule has 7 nitrogen and oxygen atoms in total. The van der Waals surface area contributed by atoms with Crippen molar-refractivity contribution < 1.29 is 14.3 Å². The highest BCUT2D eigenvalue weighted by Gasteiger charge is 2.17. The minimum Gasteiger partial charge on any atom is -0.454 e. The molecule has 1 amide bonds. The summed E-state index contributed by atoms with van der Waals surface area (Å²) in [5.74, 6) is 1.05. The summed E-state index contributed by atoms with van der Waals surface area (Å²) in [6, 6.07) is 19.2. The molecule has 32 heavy (non-hydrogen) atoms. The molecule has 5 rings (SSSR count). The molecule has 1 aliphatic rings. The SMILES string of the molecule is O=C(CSc1nc2ccccc2c(=O)n1-c1ccc(Cl)cc1)Nc1ccc2c(c1)OCO2. The summed E-state index contributed by atoms with van der Waals surface area (Å²) in [6.45, 7) is 0.165. The van der Waals surface area contributed by atoms with Crippen LogP contribution < -0.4 is 20.3 Å². The molecule has 0 unspecified atom stereocenters. The number of anilines is 1. The molecule has 0 bridgehead atoms. The second kappa shape index (κ2) is 8.57. The fourth-order valence-electron chi connectivity index (χ4n) is 3.33. The van der Waals surface area contributed by atoms with Gasteiger partial charge in [0, 0.05) is 16.8 Å². The number of carbonyl (C=O) groups excluding carboxylic acids is 1. The van der Waals surface area contributed by atoms with Crippen LogP contribution >= 0.6 is 23.4 Å². The predicted octanol–water partition coefficient (Wildman–Crippen LogP) is 4.50. The van der Waals surface area contributed by atoms with Gasteiger partial charge in [-0.2, -0.15) is 0 Å². The Morgan fingerprint density at radius 1 is 1.06 bits per heavy atom. The van der Waals surface area contributed by atoms with Gasteiger partial charge in [0.05, 0.1) is 22.3 Å². The zero-order chi connectivity index (χ0) is 22.1. The molecule has 0 saturated heterocycles. The minimum absolute atomic E-state index is 0.0623. The second-order valence-corrected chi connectivity index (χ2v) is 8.31. The van der Waals surface area contributed by atoms with E-state index >= 15 is 0 Å². The Bertz CT molecular complexity index is 1390. The van der Waals surface area contributed by atoms with Gasteiger partial charge in [0.2, 0.25) is 12.7 Å². The van der Waals surface area contributed by atoms with E-state index in [9.17, 15) is 9.59 Å². The molecule has 0 radical (unpaired) electrons. The molecule has 0 saturated carbocycles. The van der Waals surface area contributed by atoms with Gasteiger partial charge in [-0.25, -0.2) is 4.98 Å². The number of hydrogen-bond acceptors (Lipinski definition) is 6. The summed E-state index contributed by atoms with van der Waals surface area (Å²) in [5, 5.41) is 4.31. The molecule has 0 fully saturated rings. The zero-order valence-electron chi connectivity index (χ0n) is 16.6. The molecular weight excluding hydrogens is 450 g/mol. The quantitative estimate of drug-likeness (QED) is 0.345. The maximum Gasteiger partial charge on any atom is 0.266 e. The number of ether oxygens (including phenoxy) is 2. The lowest BCUT2D eigenvalue weighted by molar-refractivity contribution is -0.113. The minimum atomic E-state index is -0.237. The van der Waals surface area contributed by atoms with E-state index in [1.807, 2.05) is 6.07 Å². The highest BCUT2D eigenvalue weighted by Crippen LogP contribution is 2.34. The number of nitrogens with zero attached hydrogens (tertiary/aromatic N) is 2. The van der Waals surface area contributed by atoms with Crippen molar-refractivity contribution in [3.8, 4) is 17.2 Å². The van der Waals surface area contributed by atoms with Crippen molar-refractivity contribution in [2.45, 2.75) is 5.16 Å².